The van der Waals surface area contributed by atoms with Crippen molar-refractivity contribution in [2.24, 2.45) is 0 Å². The summed E-state index contributed by atoms with van der Waals surface area (Å²) < 4.78 is 5.21. The zero-order valence-electron chi connectivity index (χ0n) is 11.3. The molecule has 1 aromatic heterocycles. The topological polar surface area (TPSA) is 59.5 Å². The maximum Gasteiger partial charge on any atom is 0.410 e. The highest BCUT2D eigenvalue weighted by atomic mass is 32.1. The molecule has 0 radical (unpaired) electrons. The predicted molar refractivity (Wildman–Crippen MR) is 69.9 cm³/mol. The number of ether oxygens (including phenoxy) is 1. The fraction of sp³-hybridized carbons (Fsp3) is 0.583. The lowest BCUT2D eigenvalue weighted by Gasteiger charge is -2.27. The molecule has 1 atom stereocenters. The minimum atomic E-state index is -0.595. The van der Waals surface area contributed by atoms with E-state index in [9.17, 15) is 9.59 Å². The van der Waals surface area contributed by atoms with Gasteiger partial charge < -0.3 is 9.64 Å². The second-order valence-corrected chi connectivity index (χ2v) is 5.72. The maximum absolute atomic E-state index is 12.0. The monoisotopic (exact) mass is 270 g/mol. The number of hydrogen-bond donors (Lipinski definition) is 0. The smallest absolute Gasteiger partial charge is 0.410 e. The van der Waals surface area contributed by atoms with Gasteiger partial charge >= 0.3 is 6.09 Å². The molecule has 6 heteroatoms. The van der Waals surface area contributed by atoms with Crippen LogP contribution in [0.3, 0.4) is 0 Å². The lowest BCUT2D eigenvalue weighted by atomic mass is 10.1. The number of ketones is 1. The second-order valence-electron chi connectivity index (χ2n) is 5.01. The van der Waals surface area contributed by atoms with E-state index in [0.717, 1.165) is 0 Å². The third kappa shape index (κ3) is 3.80. The summed E-state index contributed by atoms with van der Waals surface area (Å²) in [6, 6.07) is -0.595. The summed E-state index contributed by atoms with van der Waals surface area (Å²) in [6.07, 6.45) is -0.515. The zero-order valence-corrected chi connectivity index (χ0v) is 12.1. The molecule has 0 saturated heterocycles. The van der Waals surface area contributed by atoms with Crippen molar-refractivity contribution in [1.29, 1.82) is 0 Å². The van der Waals surface area contributed by atoms with Crippen LogP contribution < -0.4 is 0 Å². The van der Waals surface area contributed by atoms with Gasteiger partial charge in [-0.25, -0.2) is 9.78 Å². The van der Waals surface area contributed by atoms with Gasteiger partial charge in [0.05, 0.1) is 11.6 Å². The minimum Gasteiger partial charge on any atom is -0.444 e. The van der Waals surface area contributed by atoms with Gasteiger partial charge in [0.1, 0.15) is 11.3 Å². The Morgan fingerprint density at radius 1 is 1.44 bits per heavy atom. The normalized spacial score (nSPS) is 12.9. The van der Waals surface area contributed by atoms with Crippen LogP contribution in [0.4, 0.5) is 4.79 Å². The summed E-state index contributed by atoms with van der Waals surface area (Å²) >= 11 is 1.35. The SMILES string of the molecule is CC(C(=O)c1cscn1)N(C)C(=O)OC(C)(C)C. The van der Waals surface area contributed by atoms with E-state index in [1.807, 2.05) is 0 Å². The van der Waals surface area contributed by atoms with E-state index in [-0.39, 0.29) is 5.78 Å². The Balaban J connectivity index is 2.69. The highest BCUT2D eigenvalue weighted by molar-refractivity contribution is 7.07. The third-order valence-electron chi connectivity index (χ3n) is 2.33. The van der Waals surface area contributed by atoms with Crippen LogP contribution in [0, 0.1) is 0 Å². The van der Waals surface area contributed by atoms with Crippen molar-refractivity contribution >= 4 is 23.2 Å². The highest BCUT2D eigenvalue weighted by Crippen LogP contribution is 2.13. The number of likely N-dealkylation sites (N-methyl/N-ethyl adjacent to an activating group) is 1. The number of Topliss-reactive ketones (excluding diaryl/α,β-unsaturated/α-hetero) is 1. The van der Waals surface area contributed by atoms with E-state index in [2.05, 4.69) is 4.98 Å². The molecule has 1 aromatic rings. The van der Waals surface area contributed by atoms with Crippen molar-refractivity contribution in [1.82, 2.24) is 9.88 Å². The molecule has 5 nitrogen and oxygen atoms in total. The Labute approximate surface area is 111 Å². The van der Waals surface area contributed by atoms with Crippen LogP contribution in [0.15, 0.2) is 10.9 Å². The molecule has 0 aliphatic heterocycles. The van der Waals surface area contributed by atoms with Gasteiger partial charge in [-0.05, 0) is 27.7 Å². The number of carbonyl (C=O) groups is 2. The molecule has 0 aromatic carbocycles. The lowest BCUT2D eigenvalue weighted by molar-refractivity contribution is 0.0231. The molecule has 1 unspecified atom stereocenters. The molecular weight excluding hydrogens is 252 g/mol. The van der Waals surface area contributed by atoms with Crippen molar-refractivity contribution in [2.75, 3.05) is 7.05 Å². The Morgan fingerprint density at radius 2 is 2.06 bits per heavy atom. The van der Waals surface area contributed by atoms with Crippen LogP contribution in [0.1, 0.15) is 38.2 Å². The molecular formula is C12H18N2O3S. The molecule has 1 heterocycles. The molecule has 0 N–H and O–H groups in total. The summed E-state index contributed by atoms with van der Waals surface area (Å²) in [5, 5.41) is 1.67. The van der Waals surface area contributed by atoms with Gasteiger partial charge in [-0.2, -0.15) is 0 Å². The van der Waals surface area contributed by atoms with Gasteiger partial charge in [0, 0.05) is 12.4 Å². The number of hydrogen-bond acceptors (Lipinski definition) is 5. The first-order valence-electron chi connectivity index (χ1n) is 5.60. The Hall–Kier alpha value is -1.43. The van der Waals surface area contributed by atoms with Gasteiger partial charge in [0.15, 0.2) is 0 Å². The van der Waals surface area contributed by atoms with Gasteiger partial charge in [-0.1, -0.05) is 0 Å². The summed E-state index contributed by atoms with van der Waals surface area (Å²) in [5.41, 5.74) is 1.39. The molecule has 0 spiro atoms. The van der Waals surface area contributed by atoms with E-state index in [4.69, 9.17) is 4.74 Å². The molecule has 18 heavy (non-hydrogen) atoms. The number of thiazole rings is 1. The highest BCUT2D eigenvalue weighted by Gasteiger charge is 2.28. The van der Waals surface area contributed by atoms with Crippen LogP contribution in [0.25, 0.3) is 0 Å². The van der Waals surface area contributed by atoms with E-state index in [1.54, 1.807) is 45.6 Å². The van der Waals surface area contributed by atoms with E-state index >= 15 is 0 Å². The molecule has 1 rings (SSSR count). The van der Waals surface area contributed by atoms with Crippen molar-refractivity contribution in [2.45, 2.75) is 39.3 Å². The standard InChI is InChI=1S/C12H18N2O3S/c1-8(10(15)9-6-18-7-13-9)14(5)11(16)17-12(2,3)4/h6-8H,1-5H3. The molecule has 0 aliphatic rings. The molecule has 1 amide bonds. The summed E-state index contributed by atoms with van der Waals surface area (Å²) in [5.74, 6) is -0.190. The maximum atomic E-state index is 12.0. The zero-order chi connectivity index (χ0) is 13.9. The van der Waals surface area contributed by atoms with Crippen LogP contribution in [-0.4, -0.2) is 40.5 Å². The molecule has 0 bridgehead atoms. The molecule has 100 valence electrons. The minimum absolute atomic E-state index is 0.190. The van der Waals surface area contributed by atoms with E-state index < -0.39 is 17.7 Å². The molecule has 0 saturated carbocycles. The van der Waals surface area contributed by atoms with Crippen molar-refractivity contribution in [3.8, 4) is 0 Å². The number of amides is 1. The number of aromatic nitrogens is 1. The van der Waals surface area contributed by atoms with Gasteiger partial charge in [-0.3, -0.25) is 4.79 Å². The van der Waals surface area contributed by atoms with Crippen LogP contribution in [0.5, 0.6) is 0 Å². The molecule has 0 aliphatic carbocycles. The first-order chi connectivity index (χ1) is 8.22. The van der Waals surface area contributed by atoms with Crippen LogP contribution in [-0.2, 0) is 4.74 Å². The fourth-order valence-electron chi connectivity index (χ4n) is 1.22. The molecule has 0 fully saturated rings. The Kier molecular flexibility index (Phi) is 4.45. The summed E-state index contributed by atoms with van der Waals surface area (Å²) in [4.78, 5) is 29.0. The second kappa shape index (κ2) is 5.48. The average molecular weight is 270 g/mol. The van der Waals surface area contributed by atoms with E-state index in [1.165, 1.54) is 16.2 Å². The number of carbonyl (C=O) groups excluding carboxylic acids is 2. The van der Waals surface area contributed by atoms with Gasteiger partial charge in [0.2, 0.25) is 5.78 Å². The predicted octanol–water partition coefficient (Wildman–Crippen LogP) is 2.58. The van der Waals surface area contributed by atoms with Crippen LogP contribution >= 0.6 is 11.3 Å². The largest absolute Gasteiger partial charge is 0.444 e. The van der Waals surface area contributed by atoms with Crippen molar-refractivity contribution < 1.29 is 14.3 Å². The quantitative estimate of drug-likeness (QED) is 0.792. The van der Waals surface area contributed by atoms with E-state index in [0.29, 0.717) is 5.69 Å². The van der Waals surface area contributed by atoms with Gasteiger partial charge in [0.25, 0.3) is 0 Å². The van der Waals surface area contributed by atoms with Crippen LogP contribution in [0.2, 0.25) is 0 Å². The Morgan fingerprint density at radius 3 is 2.50 bits per heavy atom. The van der Waals surface area contributed by atoms with Crippen molar-refractivity contribution in [3.05, 3.63) is 16.6 Å². The Bertz CT molecular complexity index is 423. The lowest BCUT2D eigenvalue weighted by Crippen LogP contribution is -2.43. The first-order valence-corrected chi connectivity index (χ1v) is 6.55. The summed E-state index contributed by atoms with van der Waals surface area (Å²) in [7, 11) is 1.54. The van der Waals surface area contributed by atoms with Gasteiger partial charge in [-0.15, -0.1) is 11.3 Å². The fourth-order valence-corrected chi connectivity index (χ4v) is 1.76. The number of nitrogens with zero attached hydrogens (tertiary/aromatic N) is 2. The van der Waals surface area contributed by atoms with Crippen molar-refractivity contribution in [3.63, 3.8) is 0 Å². The first kappa shape index (κ1) is 14.6. The average Bonchev–Trinajstić information content (AvgIpc) is 2.77. The third-order valence-corrected chi connectivity index (χ3v) is 2.91. The summed E-state index contributed by atoms with van der Waals surface area (Å²) in [6.45, 7) is 7.01. The number of rotatable bonds is 3.